The molecular formula is C17H21BrN2. The van der Waals surface area contributed by atoms with Crippen molar-refractivity contribution in [3.8, 4) is 0 Å². The quantitative estimate of drug-likeness (QED) is 0.890. The molecule has 20 heavy (non-hydrogen) atoms. The van der Waals surface area contributed by atoms with Gasteiger partial charge in [-0.3, -0.25) is 0 Å². The third-order valence-electron chi connectivity index (χ3n) is 4.27. The number of halogens is 1. The second-order valence-electron chi connectivity index (χ2n) is 5.72. The lowest BCUT2D eigenvalue weighted by Crippen LogP contribution is -2.40. The summed E-state index contributed by atoms with van der Waals surface area (Å²) in [6.07, 6.45) is 4.02. The number of nitrogens with zero attached hydrogens (tertiary/aromatic N) is 1. The number of likely N-dealkylation sites (tertiary alicyclic amines) is 1. The fourth-order valence-corrected chi connectivity index (χ4v) is 3.34. The number of hydrogen-bond acceptors (Lipinski definition) is 2. The number of fused-ring (bicyclic) bond motifs is 1. The van der Waals surface area contributed by atoms with Crippen LogP contribution in [0.25, 0.3) is 10.8 Å². The maximum absolute atomic E-state index is 3.60. The van der Waals surface area contributed by atoms with Crippen LogP contribution in [0.3, 0.4) is 0 Å². The fraction of sp³-hybridized carbons (Fsp3) is 0.412. The van der Waals surface area contributed by atoms with Gasteiger partial charge in [-0.25, -0.2) is 0 Å². The van der Waals surface area contributed by atoms with E-state index in [4.69, 9.17) is 0 Å². The van der Waals surface area contributed by atoms with Crippen LogP contribution in [-0.4, -0.2) is 31.1 Å². The van der Waals surface area contributed by atoms with Gasteiger partial charge in [0.15, 0.2) is 0 Å². The van der Waals surface area contributed by atoms with E-state index < -0.39 is 0 Å². The Morgan fingerprint density at radius 2 is 1.95 bits per heavy atom. The van der Waals surface area contributed by atoms with Gasteiger partial charge >= 0.3 is 0 Å². The van der Waals surface area contributed by atoms with Crippen LogP contribution in [-0.2, 0) is 0 Å². The molecule has 1 heterocycles. The van der Waals surface area contributed by atoms with Crippen LogP contribution in [0.4, 0.5) is 5.69 Å². The first kappa shape index (κ1) is 13.9. The molecular weight excluding hydrogens is 312 g/mol. The third-order valence-corrected chi connectivity index (χ3v) is 4.76. The first-order valence-electron chi connectivity index (χ1n) is 7.36. The summed E-state index contributed by atoms with van der Waals surface area (Å²) in [5.74, 6) is 0. The van der Waals surface area contributed by atoms with Crippen molar-refractivity contribution in [2.75, 3.05) is 25.5 Å². The van der Waals surface area contributed by atoms with E-state index in [9.17, 15) is 0 Å². The average Bonchev–Trinajstić information content (AvgIpc) is 2.46. The van der Waals surface area contributed by atoms with Crippen LogP contribution in [0.2, 0.25) is 0 Å². The molecule has 2 aromatic carbocycles. The summed E-state index contributed by atoms with van der Waals surface area (Å²) >= 11 is 3.52. The summed E-state index contributed by atoms with van der Waals surface area (Å²) in [7, 11) is 2.24. The number of hydrogen-bond donors (Lipinski definition) is 1. The minimum absolute atomic E-state index is 0.671. The molecule has 0 radical (unpaired) electrons. The Morgan fingerprint density at radius 3 is 2.80 bits per heavy atom. The summed E-state index contributed by atoms with van der Waals surface area (Å²) < 4.78 is 1.13. The molecule has 1 fully saturated rings. The van der Waals surface area contributed by atoms with Crippen molar-refractivity contribution in [1.82, 2.24) is 4.90 Å². The lowest BCUT2D eigenvalue weighted by Gasteiger charge is -2.32. The number of likely N-dealkylation sites (N-methyl/N-ethyl adjacent to an activating group) is 1. The van der Waals surface area contributed by atoms with E-state index in [1.54, 1.807) is 0 Å². The van der Waals surface area contributed by atoms with Crippen molar-refractivity contribution in [3.05, 3.63) is 40.9 Å². The van der Waals surface area contributed by atoms with Gasteiger partial charge in [0.2, 0.25) is 0 Å². The van der Waals surface area contributed by atoms with E-state index in [-0.39, 0.29) is 0 Å². The lowest BCUT2D eigenvalue weighted by molar-refractivity contribution is 0.194. The van der Waals surface area contributed by atoms with E-state index in [0.29, 0.717) is 6.04 Å². The molecule has 0 spiro atoms. The topological polar surface area (TPSA) is 15.3 Å². The lowest BCUT2D eigenvalue weighted by atomic mass is 10.0. The predicted octanol–water partition coefficient (Wildman–Crippen LogP) is 4.50. The Labute approximate surface area is 129 Å². The molecule has 2 aromatic rings. The first-order chi connectivity index (χ1) is 9.72. The first-order valence-corrected chi connectivity index (χ1v) is 8.15. The highest BCUT2D eigenvalue weighted by atomic mass is 79.9. The van der Waals surface area contributed by atoms with Crippen LogP contribution < -0.4 is 5.32 Å². The van der Waals surface area contributed by atoms with Crippen LogP contribution >= 0.6 is 15.9 Å². The van der Waals surface area contributed by atoms with Gasteiger partial charge in [0.1, 0.15) is 0 Å². The number of piperidine rings is 1. The molecule has 1 saturated heterocycles. The number of benzene rings is 2. The van der Waals surface area contributed by atoms with Crippen molar-refractivity contribution in [3.63, 3.8) is 0 Å². The maximum atomic E-state index is 3.60. The highest BCUT2D eigenvalue weighted by Crippen LogP contribution is 2.23. The third kappa shape index (κ3) is 3.15. The zero-order valence-electron chi connectivity index (χ0n) is 11.9. The SMILES string of the molecule is CN1CCCCC1CNc1ccc2cc(Br)ccc2c1. The van der Waals surface area contributed by atoms with Crippen molar-refractivity contribution < 1.29 is 0 Å². The molecule has 2 nitrogen and oxygen atoms in total. The normalized spacial score (nSPS) is 20.2. The van der Waals surface area contributed by atoms with Crippen LogP contribution in [0.15, 0.2) is 40.9 Å². The minimum atomic E-state index is 0.671. The van der Waals surface area contributed by atoms with E-state index in [1.165, 1.54) is 42.3 Å². The zero-order chi connectivity index (χ0) is 13.9. The molecule has 3 heteroatoms. The minimum Gasteiger partial charge on any atom is -0.383 e. The molecule has 0 saturated carbocycles. The zero-order valence-corrected chi connectivity index (χ0v) is 13.5. The average molecular weight is 333 g/mol. The second-order valence-corrected chi connectivity index (χ2v) is 6.63. The van der Waals surface area contributed by atoms with E-state index in [0.717, 1.165) is 11.0 Å². The number of rotatable bonds is 3. The summed E-state index contributed by atoms with van der Waals surface area (Å²) in [5, 5.41) is 6.16. The monoisotopic (exact) mass is 332 g/mol. The molecule has 0 aromatic heterocycles. The van der Waals surface area contributed by atoms with Gasteiger partial charge in [0, 0.05) is 22.7 Å². The van der Waals surface area contributed by atoms with E-state index >= 15 is 0 Å². The molecule has 3 rings (SSSR count). The second kappa shape index (κ2) is 6.15. The molecule has 1 aliphatic heterocycles. The van der Waals surface area contributed by atoms with Crippen LogP contribution in [0, 0.1) is 0 Å². The van der Waals surface area contributed by atoms with Gasteiger partial charge in [-0.2, -0.15) is 0 Å². The van der Waals surface area contributed by atoms with Gasteiger partial charge in [-0.05, 0) is 61.5 Å². The van der Waals surface area contributed by atoms with Crippen LogP contribution in [0.5, 0.6) is 0 Å². The molecule has 1 unspecified atom stereocenters. The molecule has 0 amide bonds. The molecule has 106 valence electrons. The highest BCUT2D eigenvalue weighted by Gasteiger charge is 2.18. The number of anilines is 1. The van der Waals surface area contributed by atoms with Gasteiger partial charge in [0.05, 0.1) is 0 Å². The Hall–Kier alpha value is -1.06. The highest BCUT2D eigenvalue weighted by molar-refractivity contribution is 9.10. The standard InChI is InChI=1S/C17H21BrN2/c1-20-9-3-2-4-17(20)12-19-16-8-6-13-10-15(18)7-5-14(13)11-16/h5-8,10-11,17,19H,2-4,9,12H2,1H3. The maximum Gasteiger partial charge on any atom is 0.0347 e. The van der Waals surface area contributed by atoms with Gasteiger partial charge in [-0.15, -0.1) is 0 Å². The number of nitrogens with one attached hydrogen (secondary N) is 1. The Bertz CT molecular complexity index is 597. The van der Waals surface area contributed by atoms with E-state index in [2.05, 4.69) is 69.6 Å². The fourth-order valence-electron chi connectivity index (χ4n) is 2.96. The summed E-state index contributed by atoms with van der Waals surface area (Å²) in [6.45, 7) is 2.27. The van der Waals surface area contributed by atoms with Crippen molar-refractivity contribution in [1.29, 1.82) is 0 Å². The van der Waals surface area contributed by atoms with Crippen LogP contribution in [0.1, 0.15) is 19.3 Å². The largest absolute Gasteiger partial charge is 0.383 e. The Morgan fingerprint density at radius 1 is 1.15 bits per heavy atom. The van der Waals surface area contributed by atoms with Crippen molar-refractivity contribution >= 4 is 32.4 Å². The van der Waals surface area contributed by atoms with E-state index in [1.807, 2.05) is 0 Å². The molecule has 1 aliphatic rings. The Balaban J connectivity index is 1.69. The summed E-state index contributed by atoms with van der Waals surface area (Å²) in [5.41, 5.74) is 1.22. The molecule has 1 atom stereocenters. The summed E-state index contributed by atoms with van der Waals surface area (Å²) in [4.78, 5) is 2.48. The predicted molar refractivity (Wildman–Crippen MR) is 90.4 cm³/mol. The van der Waals surface area contributed by atoms with Crippen molar-refractivity contribution in [2.45, 2.75) is 25.3 Å². The van der Waals surface area contributed by atoms with Crippen molar-refractivity contribution in [2.24, 2.45) is 0 Å². The Kier molecular flexibility index (Phi) is 4.27. The van der Waals surface area contributed by atoms with Gasteiger partial charge < -0.3 is 10.2 Å². The molecule has 1 N–H and O–H groups in total. The summed E-state index contributed by atoms with van der Waals surface area (Å²) in [6, 6.07) is 13.7. The smallest absolute Gasteiger partial charge is 0.0347 e. The van der Waals surface area contributed by atoms with Gasteiger partial charge in [0.25, 0.3) is 0 Å². The molecule has 0 bridgehead atoms. The molecule has 0 aliphatic carbocycles. The van der Waals surface area contributed by atoms with Gasteiger partial charge in [-0.1, -0.05) is 34.5 Å².